The number of rotatable bonds is 2. The Kier molecular flexibility index (Phi) is 3.05. The largest absolute Gasteiger partial charge is 0.443 e. The minimum absolute atomic E-state index is 0.124. The molecule has 2 aromatic heterocycles. The van der Waals surface area contributed by atoms with E-state index in [0.29, 0.717) is 15.6 Å². The SMILES string of the molecule is NC(=O)OCc1n[nH]c(=O)c2ncc(Br)cc12. The Hall–Kier alpha value is -1.96. The van der Waals surface area contributed by atoms with E-state index in [9.17, 15) is 9.59 Å². The topological polar surface area (TPSA) is 111 Å². The normalized spacial score (nSPS) is 10.4. The number of H-pyrrole nitrogens is 1. The van der Waals surface area contributed by atoms with Crippen LogP contribution in [0.5, 0.6) is 0 Å². The molecule has 2 heterocycles. The quantitative estimate of drug-likeness (QED) is 0.847. The second-order valence-electron chi connectivity index (χ2n) is 3.16. The van der Waals surface area contributed by atoms with E-state index in [1.165, 1.54) is 6.20 Å². The van der Waals surface area contributed by atoms with Crippen LogP contribution in [0.4, 0.5) is 4.79 Å². The predicted octanol–water partition coefficient (Wildman–Crippen LogP) is 0.676. The zero-order valence-corrected chi connectivity index (χ0v) is 10.0. The number of fused-ring (bicyclic) bond motifs is 1. The predicted molar refractivity (Wildman–Crippen MR) is 62.2 cm³/mol. The highest BCUT2D eigenvalue weighted by Crippen LogP contribution is 2.17. The number of aromatic amines is 1. The van der Waals surface area contributed by atoms with Crippen LogP contribution in [0.25, 0.3) is 10.9 Å². The number of nitrogens with one attached hydrogen (secondary N) is 1. The summed E-state index contributed by atoms with van der Waals surface area (Å²) in [4.78, 5) is 25.9. The average molecular weight is 299 g/mol. The number of carbonyl (C=O) groups is 1. The van der Waals surface area contributed by atoms with Crippen molar-refractivity contribution in [2.75, 3.05) is 0 Å². The number of ether oxygens (including phenoxy) is 1. The highest BCUT2D eigenvalue weighted by Gasteiger charge is 2.09. The molecule has 0 fully saturated rings. The van der Waals surface area contributed by atoms with Gasteiger partial charge in [0.1, 0.15) is 17.8 Å². The molecule has 0 unspecified atom stereocenters. The van der Waals surface area contributed by atoms with Gasteiger partial charge in [0.05, 0.1) is 0 Å². The molecule has 0 atom stereocenters. The number of hydrogen-bond acceptors (Lipinski definition) is 5. The third-order valence-electron chi connectivity index (χ3n) is 2.02. The van der Waals surface area contributed by atoms with Gasteiger partial charge in [-0.3, -0.25) is 4.79 Å². The molecule has 0 aromatic carbocycles. The average Bonchev–Trinajstić information content (AvgIpc) is 2.28. The summed E-state index contributed by atoms with van der Waals surface area (Å²) < 4.78 is 5.32. The summed E-state index contributed by atoms with van der Waals surface area (Å²) in [7, 11) is 0. The van der Waals surface area contributed by atoms with Gasteiger partial charge in [-0.25, -0.2) is 14.9 Å². The van der Waals surface area contributed by atoms with Crippen LogP contribution in [0, 0.1) is 0 Å². The maximum atomic E-state index is 11.5. The van der Waals surface area contributed by atoms with Gasteiger partial charge in [-0.2, -0.15) is 5.10 Å². The minimum atomic E-state index is -0.908. The van der Waals surface area contributed by atoms with Crippen molar-refractivity contribution in [2.24, 2.45) is 5.73 Å². The first-order valence-corrected chi connectivity index (χ1v) is 5.32. The van der Waals surface area contributed by atoms with E-state index < -0.39 is 11.7 Å². The minimum Gasteiger partial charge on any atom is -0.443 e. The van der Waals surface area contributed by atoms with E-state index in [1.807, 2.05) is 0 Å². The van der Waals surface area contributed by atoms with Gasteiger partial charge in [-0.05, 0) is 22.0 Å². The molecule has 8 heteroatoms. The number of aromatic nitrogens is 3. The Bertz CT molecular complexity index is 640. The van der Waals surface area contributed by atoms with Gasteiger partial charge < -0.3 is 10.5 Å². The third kappa shape index (κ3) is 2.41. The molecule has 0 spiro atoms. The zero-order valence-electron chi connectivity index (χ0n) is 8.44. The molecule has 0 aliphatic rings. The van der Waals surface area contributed by atoms with Crippen LogP contribution in [0.1, 0.15) is 5.69 Å². The molecule has 3 N–H and O–H groups in total. The van der Waals surface area contributed by atoms with Crippen LogP contribution in [0.15, 0.2) is 21.5 Å². The Labute approximate surface area is 103 Å². The summed E-state index contributed by atoms with van der Waals surface area (Å²) >= 11 is 3.24. The monoisotopic (exact) mass is 298 g/mol. The second kappa shape index (κ2) is 4.50. The number of nitrogens with two attached hydrogens (primary N) is 1. The molecule has 17 heavy (non-hydrogen) atoms. The van der Waals surface area contributed by atoms with E-state index in [0.717, 1.165) is 0 Å². The fraction of sp³-hybridized carbons (Fsp3) is 0.111. The van der Waals surface area contributed by atoms with Gasteiger partial charge >= 0.3 is 6.09 Å². The summed E-state index contributed by atoms with van der Waals surface area (Å²) in [6.45, 7) is -0.124. The van der Waals surface area contributed by atoms with Gasteiger partial charge in [-0.1, -0.05) is 0 Å². The smallest absolute Gasteiger partial charge is 0.404 e. The van der Waals surface area contributed by atoms with E-state index >= 15 is 0 Å². The van der Waals surface area contributed by atoms with E-state index in [4.69, 9.17) is 5.73 Å². The van der Waals surface area contributed by atoms with Crippen molar-refractivity contribution in [1.82, 2.24) is 15.2 Å². The molecule has 0 saturated heterocycles. The summed E-state index contributed by atoms with van der Waals surface area (Å²) in [6, 6.07) is 1.67. The molecular weight excluding hydrogens is 292 g/mol. The lowest BCUT2D eigenvalue weighted by molar-refractivity contribution is 0.149. The summed E-state index contributed by atoms with van der Waals surface area (Å²) in [5.74, 6) is 0. The lowest BCUT2D eigenvalue weighted by Crippen LogP contribution is -2.16. The molecule has 0 radical (unpaired) electrons. The van der Waals surface area contributed by atoms with E-state index in [2.05, 4.69) is 35.8 Å². The highest BCUT2D eigenvalue weighted by atomic mass is 79.9. The summed E-state index contributed by atoms with van der Waals surface area (Å²) in [5, 5.41) is 6.56. The number of nitrogens with zero attached hydrogens (tertiary/aromatic N) is 2. The zero-order chi connectivity index (χ0) is 12.4. The third-order valence-corrected chi connectivity index (χ3v) is 2.46. The molecule has 88 valence electrons. The van der Waals surface area contributed by atoms with Crippen LogP contribution >= 0.6 is 15.9 Å². The van der Waals surface area contributed by atoms with Crippen LogP contribution in [-0.2, 0) is 11.3 Å². The van der Waals surface area contributed by atoms with Gasteiger partial charge in [-0.15, -0.1) is 0 Å². The van der Waals surface area contributed by atoms with Crippen molar-refractivity contribution in [1.29, 1.82) is 0 Å². The standard InChI is InChI=1S/C9H7BrN4O3/c10-4-1-5-6(3-17-9(11)16)13-14-8(15)7(5)12-2-4/h1-2H,3H2,(H2,11,16)(H,14,15). The second-order valence-corrected chi connectivity index (χ2v) is 4.07. The van der Waals surface area contributed by atoms with Crippen LogP contribution < -0.4 is 11.3 Å². The van der Waals surface area contributed by atoms with Gasteiger partial charge in [0.2, 0.25) is 0 Å². The van der Waals surface area contributed by atoms with E-state index in [-0.39, 0.29) is 12.1 Å². The maximum Gasteiger partial charge on any atom is 0.404 e. The van der Waals surface area contributed by atoms with Crippen molar-refractivity contribution in [2.45, 2.75) is 6.61 Å². The van der Waals surface area contributed by atoms with Crippen molar-refractivity contribution < 1.29 is 9.53 Å². The molecule has 0 saturated carbocycles. The number of carbonyl (C=O) groups excluding carboxylic acids is 1. The van der Waals surface area contributed by atoms with Crippen LogP contribution in [0.2, 0.25) is 0 Å². The summed E-state index contributed by atoms with van der Waals surface area (Å²) in [6.07, 6.45) is 0.588. The Balaban J connectivity index is 2.56. The Morgan fingerprint density at radius 2 is 2.35 bits per heavy atom. The molecular formula is C9H7BrN4O3. The lowest BCUT2D eigenvalue weighted by Gasteiger charge is -2.04. The van der Waals surface area contributed by atoms with Crippen LogP contribution in [0.3, 0.4) is 0 Å². The molecule has 7 nitrogen and oxygen atoms in total. The molecule has 0 aliphatic carbocycles. The number of halogens is 1. The molecule has 0 aliphatic heterocycles. The number of amides is 1. The molecule has 0 bridgehead atoms. The Morgan fingerprint density at radius 3 is 3.06 bits per heavy atom. The van der Waals surface area contributed by atoms with Crippen LogP contribution in [-0.4, -0.2) is 21.3 Å². The van der Waals surface area contributed by atoms with Crippen molar-refractivity contribution in [3.63, 3.8) is 0 Å². The first-order valence-electron chi connectivity index (χ1n) is 4.53. The number of primary amides is 1. The van der Waals surface area contributed by atoms with Gasteiger partial charge in [0.25, 0.3) is 5.56 Å². The highest BCUT2D eigenvalue weighted by molar-refractivity contribution is 9.10. The lowest BCUT2D eigenvalue weighted by atomic mass is 10.2. The van der Waals surface area contributed by atoms with Gasteiger partial charge in [0.15, 0.2) is 0 Å². The fourth-order valence-electron chi connectivity index (χ4n) is 1.32. The molecule has 2 aromatic rings. The van der Waals surface area contributed by atoms with E-state index in [1.54, 1.807) is 6.07 Å². The van der Waals surface area contributed by atoms with Gasteiger partial charge in [0, 0.05) is 16.1 Å². The van der Waals surface area contributed by atoms with Crippen molar-refractivity contribution >= 4 is 32.9 Å². The first-order chi connectivity index (χ1) is 8.08. The number of hydrogen-bond donors (Lipinski definition) is 2. The fourth-order valence-corrected chi connectivity index (χ4v) is 1.65. The molecule has 1 amide bonds. The molecule has 2 rings (SSSR count). The number of pyridine rings is 1. The van der Waals surface area contributed by atoms with Crippen molar-refractivity contribution in [3.8, 4) is 0 Å². The maximum absolute atomic E-state index is 11.5. The Morgan fingerprint density at radius 1 is 1.59 bits per heavy atom. The first kappa shape index (κ1) is 11.5. The van der Waals surface area contributed by atoms with Crippen molar-refractivity contribution in [3.05, 3.63) is 32.8 Å². The summed E-state index contributed by atoms with van der Waals surface area (Å²) in [5.41, 5.74) is 5.06.